The molecule has 0 bridgehead atoms. The Hall–Kier alpha value is -2.35. The van der Waals surface area contributed by atoms with Gasteiger partial charge >= 0.3 is 0 Å². The molecule has 2 heterocycles. The summed E-state index contributed by atoms with van der Waals surface area (Å²) < 4.78 is 13.2. The third-order valence-electron chi connectivity index (χ3n) is 7.74. The number of halogens is 1. The molecule has 152 valence electrons. The van der Waals surface area contributed by atoms with Gasteiger partial charge in [-0.2, -0.15) is 0 Å². The molecule has 4 fully saturated rings. The average Bonchev–Trinajstić information content (AvgIpc) is 3.60. The summed E-state index contributed by atoms with van der Waals surface area (Å²) in [5.74, 6) is 3.12. The molecule has 2 aliphatic carbocycles. The minimum absolute atomic E-state index is 0.0536. The number of nitrogens with zero attached hydrogens (tertiary/aromatic N) is 2. The molecule has 0 unspecified atom stereocenters. The predicted molar refractivity (Wildman–Crippen MR) is 107 cm³/mol. The van der Waals surface area contributed by atoms with Gasteiger partial charge in [-0.15, -0.1) is 6.42 Å². The van der Waals surface area contributed by atoms with Gasteiger partial charge in [-0.05, 0) is 49.8 Å². The molecule has 2 atom stereocenters. The zero-order chi connectivity index (χ0) is 20.4. The van der Waals surface area contributed by atoms with Gasteiger partial charge in [0.2, 0.25) is 11.8 Å². The molecule has 4 aliphatic rings. The minimum Gasteiger partial charge on any atom is -0.341 e. The highest BCUT2D eigenvalue weighted by atomic mass is 19.1. The number of amides is 2. The monoisotopic (exact) mass is 394 g/mol. The Balaban J connectivity index is 1.25. The third-order valence-corrected chi connectivity index (χ3v) is 7.74. The molecular weight excluding hydrogens is 367 g/mol. The van der Waals surface area contributed by atoms with E-state index >= 15 is 0 Å². The largest absolute Gasteiger partial charge is 0.341 e. The zero-order valence-electron chi connectivity index (χ0n) is 16.9. The van der Waals surface area contributed by atoms with Crippen molar-refractivity contribution in [2.45, 2.75) is 39.0 Å². The smallest absolute Gasteiger partial charge is 0.240 e. The van der Waals surface area contributed by atoms with Crippen molar-refractivity contribution in [3.8, 4) is 12.3 Å². The van der Waals surface area contributed by atoms with Crippen molar-refractivity contribution < 1.29 is 14.0 Å². The maximum absolute atomic E-state index is 13.3. The lowest BCUT2D eigenvalue weighted by molar-refractivity contribution is -0.137. The molecular formula is C24H27FN2O2. The van der Waals surface area contributed by atoms with Gasteiger partial charge in [-0.25, -0.2) is 4.39 Å². The number of hydrogen-bond acceptors (Lipinski definition) is 2. The van der Waals surface area contributed by atoms with Gasteiger partial charge in [-0.3, -0.25) is 9.59 Å². The van der Waals surface area contributed by atoms with E-state index in [0.717, 1.165) is 31.2 Å². The van der Waals surface area contributed by atoms with E-state index in [1.54, 1.807) is 12.1 Å². The molecule has 2 saturated heterocycles. The minimum atomic E-state index is -0.544. The maximum atomic E-state index is 13.3. The molecule has 2 saturated carbocycles. The van der Waals surface area contributed by atoms with Crippen LogP contribution in [0, 0.1) is 40.3 Å². The highest BCUT2D eigenvalue weighted by Gasteiger charge is 2.59. The third kappa shape index (κ3) is 2.96. The van der Waals surface area contributed by atoms with Crippen LogP contribution in [0.15, 0.2) is 24.3 Å². The fourth-order valence-corrected chi connectivity index (χ4v) is 5.44. The Morgan fingerprint density at radius 1 is 1.07 bits per heavy atom. The number of benzene rings is 1. The molecule has 0 radical (unpaired) electrons. The molecule has 0 N–H and O–H groups in total. The summed E-state index contributed by atoms with van der Waals surface area (Å²) >= 11 is 0. The number of terminal acetylenes is 1. The summed E-state index contributed by atoms with van der Waals surface area (Å²) in [6.45, 7) is 5.01. The number of carbonyl (C=O) groups is 2. The first-order chi connectivity index (χ1) is 13.8. The molecule has 4 nitrogen and oxygen atoms in total. The van der Waals surface area contributed by atoms with Crippen molar-refractivity contribution in [3.63, 3.8) is 0 Å². The van der Waals surface area contributed by atoms with E-state index in [1.165, 1.54) is 12.1 Å². The molecule has 0 spiro atoms. The molecule has 1 aromatic carbocycles. The Bertz CT molecular complexity index is 910. The number of carbonyl (C=O) groups excluding carboxylic acids is 2. The van der Waals surface area contributed by atoms with Crippen LogP contribution in [0.25, 0.3) is 0 Å². The lowest BCUT2D eigenvalue weighted by atomic mass is 9.83. The van der Waals surface area contributed by atoms with Crippen LogP contribution in [-0.4, -0.2) is 47.8 Å². The van der Waals surface area contributed by atoms with Crippen LogP contribution in [0.2, 0.25) is 0 Å². The van der Waals surface area contributed by atoms with E-state index in [0.29, 0.717) is 38.5 Å². The highest BCUT2D eigenvalue weighted by Crippen LogP contribution is 2.53. The van der Waals surface area contributed by atoms with Crippen LogP contribution in [0.4, 0.5) is 4.39 Å². The topological polar surface area (TPSA) is 40.6 Å². The molecule has 2 aliphatic heterocycles. The zero-order valence-corrected chi connectivity index (χ0v) is 16.9. The van der Waals surface area contributed by atoms with Crippen molar-refractivity contribution in [1.82, 2.24) is 9.80 Å². The van der Waals surface area contributed by atoms with E-state index in [-0.39, 0.29) is 28.5 Å². The van der Waals surface area contributed by atoms with Crippen molar-refractivity contribution in [1.29, 1.82) is 0 Å². The maximum Gasteiger partial charge on any atom is 0.240 e. The molecule has 5 heteroatoms. The van der Waals surface area contributed by atoms with Crippen molar-refractivity contribution >= 4 is 11.8 Å². The van der Waals surface area contributed by atoms with Gasteiger partial charge in [0.15, 0.2) is 0 Å². The highest BCUT2D eigenvalue weighted by molar-refractivity contribution is 5.89. The first-order valence-electron chi connectivity index (χ1n) is 10.6. The Kier molecular flexibility index (Phi) is 3.91. The first-order valence-corrected chi connectivity index (χ1v) is 10.6. The van der Waals surface area contributed by atoms with E-state index in [4.69, 9.17) is 6.42 Å². The van der Waals surface area contributed by atoms with Crippen LogP contribution in [0.3, 0.4) is 0 Å². The summed E-state index contributed by atoms with van der Waals surface area (Å²) in [5.41, 5.74) is 0.104. The molecule has 29 heavy (non-hydrogen) atoms. The van der Waals surface area contributed by atoms with Crippen LogP contribution < -0.4 is 0 Å². The summed E-state index contributed by atoms with van der Waals surface area (Å²) in [6.07, 6.45) is 9.69. The van der Waals surface area contributed by atoms with Crippen molar-refractivity contribution in [2.75, 3.05) is 26.2 Å². The Morgan fingerprint density at radius 2 is 1.66 bits per heavy atom. The summed E-state index contributed by atoms with van der Waals surface area (Å²) in [5, 5.41) is 0. The fraction of sp³-hybridized carbons (Fsp3) is 0.583. The van der Waals surface area contributed by atoms with Crippen LogP contribution in [0.5, 0.6) is 0 Å². The molecule has 0 aromatic heterocycles. The van der Waals surface area contributed by atoms with Crippen LogP contribution in [-0.2, 0) is 16.0 Å². The Labute approximate surface area is 171 Å². The number of likely N-dealkylation sites (tertiary alicyclic amines) is 2. The summed E-state index contributed by atoms with van der Waals surface area (Å²) in [6, 6.07) is 6.49. The average molecular weight is 394 g/mol. The number of hydrogen-bond donors (Lipinski definition) is 0. The Morgan fingerprint density at radius 3 is 2.14 bits per heavy atom. The van der Waals surface area contributed by atoms with Gasteiger partial charge in [-0.1, -0.05) is 25.0 Å². The van der Waals surface area contributed by atoms with Crippen molar-refractivity contribution in [3.05, 3.63) is 35.6 Å². The van der Waals surface area contributed by atoms with Crippen molar-refractivity contribution in [2.24, 2.45) is 22.2 Å². The van der Waals surface area contributed by atoms with Crippen LogP contribution >= 0.6 is 0 Å². The number of rotatable bonds is 4. The standard InChI is InChI=1S/C24H27FN2O2/c1-3-23(8-9-23)20(28)26-13-18-14-27(16-22(18,2)15-26)21(29)24(10-11-24)12-17-4-6-19(25)7-5-17/h1,4-7,18H,8-16H2,2H3/t18-,22+/m1/s1. The second-order valence-corrected chi connectivity index (χ2v) is 10.0. The fourth-order valence-electron chi connectivity index (χ4n) is 5.44. The second-order valence-electron chi connectivity index (χ2n) is 10.0. The SMILES string of the molecule is C#CC1(C(=O)N2C[C@@H]3CN(C(=O)C4(Cc5ccc(F)cc5)CC4)C[C@]3(C)C2)CC1. The van der Waals surface area contributed by atoms with Gasteiger partial charge in [0, 0.05) is 37.5 Å². The summed E-state index contributed by atoms with van der Waals surface area (Å²) in [4.78, 5) is 30.1. The van der Waals surface area contributed by atoms with E-state index in [2.05, 4.69) is 12.8 Å². The second kappa shape index (κ2) is 6.08. The quantitative estimate of drug-likeness (QED) is 0.737. The van der Waals surface area contributed by atoms with E-state index in [1.807, 2.05) is 9.80 Å². The molecule has 2 amide bonds. The van der Waals surface area contributed by atoms with Gasteiger partial charge in [0.1, 0.15) is 11.2 Å². The van der Waals surface area contributed by atoms with Gasteiger partial charge in [0.25, 0.3) is 0 Å². The van der Waals surface area contributed by atoms with Gasteiger partial charge in [0.05, 0.1) is 5.41 Å². The molecule has 1 aromatic rings. The first kappa shape index (κ1) is 18.7. The predicted octanol–water partition coefficient (Wildman–Crippen LogP) is 2.87. The van der Waals surface area contributed by atoms with Gasteiger partial charge < -0.3 is 9.80 Å². The lowest BCUT2D eigenvalue weighted by Crippen LogP contribution is -2.42. The normalized spacial score (nSPS) is 30.6. The summed E-state index contributed by atoms with van der Waals surface area (Å²) in [7, 11) is 0. The van der Waals surface area contributed by atoms with E-state index in [9.17, 15) is 14.0 Å². The van der Waals surface area contributed by atoms with Crippen LogP contribution in [0.1, 0.15) is 38.2 Å². The lowest BCUT2D eigenvalue weighted by Gasteiger charge is -2.29. The van der Waals surface area contributed by atoms with E-state index < -0.39 is 5.41 Å². The number of fused-ring (bicyclic) bond motifs is 1. The molecule has 5 rings (SSSR count).